The zero-order chi connectivity index (χ0) is 17.8. The van der Waals surface area contributed by atoms with Crippen LogP contribution >= 0.6 is 0 Å². The number of aromatic nitrogens is 4. The van der Waals surface area contributed by atoms with E-state index in [2.05, 4.69) is 15.4 Å². The summed E-state index contributed by atoms with van der Waals surface area (Å²) < 4.78 is 8.45. The van der Waals surface area contributed by atoms with Gasteiger partial charge in [-0.25, -0.2) is 14.5 Å². The molecule has 1 unspecified atom stereocenters. The summed E-state index contributed by atoms with van der Waals surface area (Å²) >= 11 is 0. The first-order valence-electron chi connectivity index (χ1n) is 8.60. The molecule has 0 fully saturated rings. The highest BCUT2D eigenvalue weighted by Gasteiger charge is 2.23. The van der Waals surface area contributed by atoms with E-state index < -0.39 is 0 Å². The summed E-state index contributed by atoms with van der Waals surface area (Å²) in [4.78, 5) is 28.9. The smallest absolute Gasteiger partial charge is 0.345 e. The molecular weight excluding hydrogens is 322 g/mol. The summed E-state index contributed by atoms with van der Waals surface area (Å²) in [6.45, 7) is 3.22. The van der Waals surface area contributed by atoms with Gasteiger partial charge in [0.1, 0.15) is 11.6 Å². The van der Waals surface area contributed by atoms with E-state index in [9.17, 15) is 9.59 Å². The van der Waals surface area contributed by atoms with Crippen molar-refractivity contribution in [1.82, 2.24) is 24.6 Å². The molecule has 134 valence electrons. The van der Waals surface area contributed by atoms with Gasteiger partial charge in [-0.05, 0) is 31.4 Å². The fraction of sp³-hybridized carbons (Fsp3) is 0.529. The summed E-state index contributed by atoms with van der Waals surface area (Å²) in [5, 5.41) is 7.42. The van der Waals surface area contributed by atoms with Crippen molar-refractivity contribution in [1.29, 1.82) is 0 Å². The Labute approximate surface area is 145 Å². The Morgan fingerprint density at radius 2 is 2.28 bits per heavy atom. The van der Waals surface area contributed by atoms with E-state index >= 15 is 0 Å². The minimum absolute atomic E-state index is 0.0278. The van der Waals surface area contributed by atoms with Crippen LogP contribution in [0.4, 0.5) is 0 Å². The molecule has 1 amide bonds. The van der Waals surface area contributed by atoms with Crippen molar-refractivity contribution in [3.63, 3.8) is 0 Å². The predicted octanol–water partition coefficient (Wildman–Crippen LogP) is 0.993. The van der Waals surface area contributed by atoms with Gasteiger partial charge in [0.2, 0.25) is 0 Å². The normalized spacial score (nSPS) is 16.8. The van der Waals surface area contributed by atoms with Gasteiger partial charge < -0.3 is 10.1 Å². The highest BCUT2D eigenvalue weighted by atomic mass is 16.5. The molecule has 0 saturated carbocycles. The Morgan fingerprint density at radius 1 is 1.44 bits per heavy atom. The number of rotatable bonds is 5. The maximum absolute atomic E-state index is 12.5. The minimum atomic E-state index is -0.259. The van der Waals surface area contributed by atoms with Gasteiger partial charge in [-0.3, -0.25) is 9.36 Å². The molecule has 2 aromatic heterocycles. The monoisotopic (exact) mass is 345 g/mol. The van der Waals surface area contributed by atoms with E-state index in [4.69, 9.17) is 4.74 Å². The molecule has 25 heavy (non-hydrogen) atoms. The number of ether oxygens (including phenoxy) is 1. The van der Waals surface area contributed by atoms with Crippen molar-refractivity contribution in [2.45, 2.75) is 51.7 Å². The van der Waals surface area contributed by atoms with Crippen molar-refractivity contribution in [2.75, 3.05) is 7.11 Å². The molecule has 0 saturated heterocycles. The molecule has 1 aliphatic heterocycles. The molecule has 3 heterocycles. The number of nitrogens with zero attached hydrogens (tertiary/aromatic N) is 4. The van der Waals surface area contributed by atoms with E-state index in [-0.39, 0.29) is 23.3 Å². The lowest BCUT2D eigenvalue weighted by atomic mass is 10.1. The van der Waals surface area contributed by atoms with Crippen LogP contribution < -0.4 is 15.7 Å². The topological polar surface area (TPSA) is 91.0 Å². The summed E-state index contributed by atoms with van der Waals surface area (Å²) in [5.41, 5.74) is 0.215. The molecule has 0 aromatic carbocycles. The number of nitrogens with one attached hydrogen (secondary N) is 1. The molecule has 0 radical (unpaired) electrons. The lowest BCUT2D eigenvalue weighted by Crippen LogP contribution is -2.36. The van der Waals surface area contributed by atoms with Crippen LogP contribution in [-0.4, -0.2) is 38.4 Å². The van der Waals surface area contributed by atoms with E-state index in [1.165, 1.54) is 11.8 Å². The van der Waals surface area contributed by atoms with Crippen LogP contribution in [0.1, 0.15) is 42.5 Å². The zero-order valence-corrected chi connectivity index (χ0v) is 14.6. The number of aryl methyl sites for hydroxylation is 2. The van der Waals surface area contributed by atoms with Crippen molar-refractivity contribution < 1.29 is 9.53 Å². The van der Waals surface area contributed by atoms with Gasteiger partial charge in [0, 0.05) is 31.7 Å². The number of fused-ring (bicyclic) bond motifs is 1. The van der Waals surface area contributed by atoms with Gasteiger partial charge in [0.25, 0.3) is 5.91 Å². The van der Waals surface area contributed by atoms with Gasteiger partial charge in [0.15, 0.2) is 5.69 Å². The molecule has 1 N–H and O–H groups in total. The maximum atomic E-state index is 12.5. The summed E-state index contributed by atoms with van der Waals surface area (Å²) in [5.74, 6) is 0.986. The molecule has 3 rings (SSSR count). The Hall–Kier alpha value is -2.64. The van der Waals surface area contributed by atoms with E-state index in [0.29, 0.717) is 31.7 Å². The maximum Gasteiger partial charge on any atom is 0.345 e. The lowest BCUT2D eigenvalue weighted by molar-refractivity contribution is 0.0924. The third-order valence-corrected chi connectivity index (χ3v) is 4.39. The van der Waals surface area contributed by atoms with Gasteiger partial charge in [0.05, 0.1) is 7.11 Å². The second kappa shape index (κ2) is 7.50. The van der Waals surface area contributed by atoms with E-state index in [1.807, 2.05) is 6.92 Å². The molecule has 0 spiro atoms. The van der Waals surface area contributed by atoms with Crippen molar-refractivity contribution in [3.8, 4) is 5.75 Å². The van der Waals surface area contributed by atoms with Gasteiger partial charge in [-0.15, -0.1) is 0 Å². The Bertz CT molecular complexity index is 811. The second-order valence-electron chi connectivity index (χ2n) is 6.13. The average Bonchev–Trinajstić information content (AvgIpc) is 2.79. The number of amides is 1. The number of pyridine rings is 1. The highest BCUT2D eigenvalue weighted by molar-refractivity contribution is 5.95. The van der Waals surface area contributed by atoms with Crippen LogP contribution in [0.25, 0.3) is 0 Å². The third kappa shape index (κ3) is 3.57. The molecule has 0 aliphatic carbocycles. The second-order valence-corrected chi connectivity index (χ2v) is 6.13. The number of carbonyl (C=O) groups excluding carboxylic acids is 1. The highest BCUT2D eigenvalue weighted by Crippen LogP contribution is 2.16. The first kappa shape index (κ1) is 17.2. The summed E-state index contributed by atoms with van der Waals surface area (Å²) in [6.07, 6.45) is 4.53. The van der Waals surface area contributed by atoms with E-state index in [1.54, 1.807) is 22.9 Å². The van der Waals surface area contributed by atoms with Crippen molar-refractivity contribution in [2.24, 2.45) is 0 Å². The van der Waals surface area contributed by atoms with Gasteiger partial charge in [-0.2, -0.15) is 5.10 Å². The third-order valence-electron chi connectivity index (χ3n) is 4.39. The number of methoxy groups -OCH3 is 1. The Balaban J connectivity index is 1.68. The largest absolute Gasteiger partial charge is 0.494 e. The molecule has 1 atom stereocenters. The lowest BCUT2D eigenvalue weighted by Gasteiger charge is -2.16. The van der Waals surface area contributed by atoms with Crippen molar-refractivity contribution >= 4 is 5.91 Å². The first-order valence-corrected chi connectivity index (χ1v) is 8.60. The van der Waals surface area contributed by atoms with Crippen molar-refractivity contribution in [3.05, 3.63) is 40.3 Å². The number of carbonyl (C=O) groups is 1. The van der Waals surface area contributed by atoms with Gasteiger partial charge in [-0.1, -0.05) is 6.92 Å². The summed E-state index contributed by atoms with van der Waals surface area (Å²) in [7, 11) is 1.51. The van der Waals surface area contributed by atoms with E-state index in [0.717, 1.165) is 18.7 Å². The van der Waals surface area contributed by atoms with Crippen LogP contribution in [0, 0.1) is 0 Å². The van der Waals surface area contributed by atoms with Gasteiger partial charge >= 0.3 is 5.69 Å². The van der Waals surface area contributed by atoms with Crippen LogP contribution in [0.2, 0.25) is 0 Å². The standard InChI is InChI=1S/C17H23N5O3/c1-3-10-22-17(24)21-11-8-12(6-7-14(21)20-22)19-16(23)15-13(25-2)5-4-9-18-15/h4-5,9,12H,3,6-8,10-11H2,1-2H3,(H,19,23). The average molecular weight is 345 g/mol. The number of hydrogen-bond acceptors (Lipinski definition) is 5. The molecule has 1 aliphatic rings. The van der Waals surface area contributed by atoms with Crippen LogP contribution in [0.15, 0.2) is 23.1 Å². The molecule has 0 bridgehead atoms. The van der Waals surface area contributed by atoms with Crippen LogP contribution in [-0.2, 0) is 19.5 Å². The summed E-state index contributed by atoms with van der Waals surface area (Å²) in [6, 6.07) is 3.41. The predicted molar refractivity (Wildman–Crippen MR) is 91.8 cm³/mol. The zero-order valence-electron chi connectivity index (χ0n) is 14.6. The fourth-order valence-corrected chi connectivity index (χ4v) is 3.11. The quantitative estimate of drug-likeness (QED) is 0.873. The van der Waals surface area contributed by atoms with Crippen LogP contribution in [0.5, 0.6) is 5.75 Å². The molecular formula is C17H23N5O3. The van der Waals surface area contributed by atoms with Crippen LogP contribution in [0.3, 0.4) is 0 Å². The Kier molecular flexibility index (Phi) is 5.16. The fourth-order valence-electron chi connectivity index (χ4n) is 3.11. The molecule has 8 heteroatoms. The minimum Gasteiger partial charge on any atom is -0.494 e. The molecule has 8 nitrogen and oxygen atoms in total. The first-order chi connectivity index (χ1) is 12.1. The Morgan fingerprint density at radius 3 is 3.04 bits per heavy atom. The SMILES string of the molecule is CCCn1nc2n(c1=O)CCC(NC(=O)c1ncccc1OC)CC2. The number of hydrogen-bond donors (Lipinski definition) is 1. The molecule has 2 aromatic rings.